The van der Waals surface area contributed by atoms with Crippen LogP contribution in [0.2, 0.25) is 0 Å². The zero-order chi connectivity index (χ0) is 17.2. The van der Waals surface area contributed by atoms with Crippen LogP contribution >= 0.6 is 0 Å². The molecule has 2 heterocycles. The Labute approximate surface area is 151 Å². The average molecular weight is 332 g/mol. The molecule has 2 atom stereocenters. The van der Waals surface area contributed by atoms with Crippen LogP contribution in [0.5, 0.6) is 0 Å². The summed E-state index contributed by atoms with van der Waals surface area (Å²) >= 11 is 0. The molecule has 2 unspecified atom stereocenters. The van der Waals surface area contributed by atoms with Gasteiger partial charge in [0.1, 0.15) is 0 Å². The fourth-order valence-corrected chi connectivity index (χ4v) is 4.35. The maximum Gasteiger partial charge on any atom is 0.0361 e. The Morgan fingerprint density at radius 2 is 1.72 bits per heavy atom. The minimum Gasteiger partial charge on any atom is -0.378 e. The molecule has 0 spiro atoms. The van der Waals surface area contributed by atoms with Crippen LogP contribution in [-0.2, 0) is 6.54 Å². The second-order valence-corrected chi connectivity index (χ2v) is 7.65. The third-order valence-electron chi connectivity index (χ3n) is 5.74. The molecule has 0 saturated carbocycles. The summed E-state index contributed by atoms with van der Waals surface area (Å²) < 4.78 is 0. The smallest absolute Gasteiger partial charge is 0.0361 e. The number of hydrogen-bond acceptors (Lipinski definition) is 2. The molecule has 2 heteroatoms. The Balaban J connectivity index is 1.56. The monoisotopic (exact) mass is 332 g/mol. The Kier molecular flexibility index (Phi) is 4.63. The fourth-order valence-electron chi connectivity index (χ4n) is 4.35. The molecule has 0 aromatic heterocycles. The molecule has 2 aliphatic heterocycles. The van der Waals surface area contributed by atoms with Crippen LogP contribution < -0.4 is 4.90 Å². The highest BCUT2D eigenvalue weighted by Gasteiger charge is 2.33. The summed E-state index contributed by atoms with van der Waals surface area (Å²) in [6, 6.07) is 21.3. The van der Waals surface area contributed by atoms with Gasteiger partial charge in [0.15, 0.2) is 0 Å². The van der Waals surface area contributed by atoms with Gasteiger partial charge in [-0.1, -0.05) is 55.0 Å². The summed E-state index contributed by atoms with van der Waals surface area (Å²) in [4.78, 5) is 4.89. The molecule has 0 amide bonds. The topological polar surface area (TPSA) is 6.48 Å². The summed E-state index contributed by atoms with van der Waals surface area (Å²) in [5, 5.41) is 0. The van der Waals surface area contributed by atoms with Crippen molar-refractivity contribution in [3.63, 3.8) is 0 Å². The van der Waals surface area contributed by atoms with E-state index in [1.54, 1.807) is 5.57 Å². The summed E-state index contributed by atoms with van der Waals surface area (Å²) in [5.41, 5.74) is 5.66. The molecule has 4 rings (SSSR count). The van der Waals surface area contributed by atoms with Gasteiger partial charge in [0.05, 0.1) is 0 Å². The highest BCUT2D eigenvalue weighted by molar-refractivity contribution is 5.69. The van der Waals surface area contributed by atoms with E-state index in [0.717, 1.165) is 6.54 Å². The summed E-state index contributed by atoms with van der Waals surface area (Å²) in [5.74, 6) is 0. The molecule has 0 aliphatic carbocycles. The summed E-state index contributed by atoms with van der Waals surface area (Å²) in [7, 11) is 4.20. The maximum atomic E-state index is 2.73. The van der Waals surface area contributed by atoms with Gasteiger partial charge in [-0.05, 0) is 48.1 Å². The average Bonchev–Trinajstić information content (AvgIpc) is 2.62. The molecule has 2 bridgehead atoms. The number of piperidine rings is 1. The molecule has 1 saturated heterocycles. The first kappa shape index (κ1) is 16.4. The number of fused-ring (bicyclic) bond motifs is 2. The van der Waals surface area contributed by atoms with Crippen molar-refractivity contribution in [1.29, 1.82) is 0 Å². The van der Waals surface area contributed by atoms with Crippen LogP contribution in [0, 0.1) is 0 Å². The second-order valence-electron chi connectivity index (χ2n) is 7.65. The molecular formula is C23H28N2. The standard InChI is InChI=1S/C23H28N2/c1-24(2)21-13-11-19(12-14-21)20-15-22-9-6-10-23(16-20)25(22)17-18-7-4-3-5-8-18/h3-5,7-8,11-15,22-23H,6,9-10,16-17H2,1-2H3. The van der Waals surface area contributed by atoms with Gasteiger partial charge >= 0.3 is 0 Å². The van der Waals surface area contributed by atoms with E-state index >= 15 is 0 Å². The molecule has 2 nitrogen and oxygen atoms in total. The van der Waals surface area contributed by atoms with Crippen LogP contribution in [-0.4, -0.2) is 31.1 Å². The third kappa shape index (κ3) is 3.50. The maximum absolute atomic E-state index is 2.73. The lowest BCUT2D eigenvalue weighted by atomic mass is 9.82. The van der Waals surface area contributed by atoms with Crippen molar-refractivity contribution in [2.75, 3.05) is 19.0 Å². The predicted octanol–water partition coefficient (Wildman–Crippen LogP) is 4.96. The van der Waals surface area contributed by atoms with Crippen LogP contribution in [0.4, 0.5) is 5.69 Å². The molecule has 130 valence electrons. The van der Waals surface area contributed by atoms with E-state index in [1.807, 2.05) is 0 Å². The van der Waals surface area contributed by atoms with Gasteiger partial charge in [-0.25, -0.2) is 0 Å². The van der Waals surface area contributed by atoms with Gasteiger partial charge in [-0.3, -0.25) is 4.90 Å². The van der Waals surface area contributed by atoms with E-state index in [9.17, 15) is 0 Å². The van der Waals surface area contributed by atoms with Crippen LogP contribution in [0.25, 0.3) is 5.57 Å². The molecule has 25 heavy (non-hydrogen) atoms. The lowest BCUT2D eigenvalue weighted by molar-refractivity contribution is 0.0951. The van der Waals surface area contributed by atoms with Crippen molar-refractivity contribution in [2.24, 2.45) is 0 Å². The van der Waals surface area contributed by atoms with Gasteiger partial charge in [-0.2, -0.15) is 0 Å². The Hall–Kier alpha value is -2.06. The van der Waals surface area contributed by atoms with Crippen molar-refractivity contribution in [3.05, 3.63) is 71.8 Å². The summed E-state index contributed by atoms with van der Waals surface area (Å²) in [6.45, 7) is 1.08. The van der Waals surface area contributed by atoms with Gasteiger partial charge in [0.2, 0.25) is 0 Å². The second kappa shape index (κ2) is 7.05. The van der Waals surface area contributed by atoms with E-state index < -0.39 is 0 Å². The van der Waals surface area contributed by atoms with Gasteiger partial charge in [0, 0.05) is 38.4 Å². The Morgan fingerprint density at radius 1 is 0.960 bits per heavy atom. The molecule has 0 N–H and O–H groups in total. The van der Waals surface area contributed by atoms with Gasteiger partial charge in [0.25, 0.3) is 0 Å². The zero-order valence-corrected chi connectivity index (χ0v) is 15.4. The Bertz CT molecular complexity index is 730. The molecule has 2 aromatic carbocycles. The van der Waals surface area contributed by atoms with Crippen molar-refractivity contribution in [3.8, 4) is 0 Å². The van der Waals surface area contributed by atoms with E-state index in [0.29, 0.717) is 12.1 Å². The first-order valence-corrected chi connectivity index (χ1v) is 9.49. The first-order chi connectivity index (χ1) is 12.2. The molecular weight excluding hydrogens is 304 g/mol. The summed E-state index contributed by atoms with van der Waals surface area (Å²) in [6.07, 6.45) is 7.72. The number of anilines is 1. The lowest BCUT2D eigenvalue weighted by Crippen LogP contribution is -2.47. The molecule has 0 radical (unpaired) electrons. The number of nitrogens with zero attached hydrogens (tertiary/aromatic N) is 2. The van der Waals surface area contributed by atoms with Crippen molar-refractivity contribution in [2.45, 2.75) is 44.3 Å². The van der Waals surface area contributed by atoms with Crippen molar-refractivity contribution < 1.29 is 0 Å². The van der Waals surface area contributed by atoms with Crippen molar-refractivity contribution >= 4 is 11.3 Å². The van der Waals surface area contributed by atoms with Gasteiger partial charge < -0.3 is 4.90 Å². The highest BCUT2D eigenvalue weighted by atomic mass is 15.2. The normalized spacial score (nSPS) is 23.2. The molecule has 1 fully saturated rings. The number of benzene rings is 2. The van der Waals surface area contributed by atoms with E-state index in [2.05, 4.69) is 84.6 Å². The lowest BCUT2D eigenvalue weighted by Gasteiger charge is -2.45. The quantitative estimate of drug-likeness (QED) is 0.780. The van der Waals surface area contributed by atoms with Crippen LogP contribution in [0.1, 0.15) is 36.8 Å². The molecule has 2 aliphatic rings. The minimum atomic E-state index is 0.594. The van der Waals surface area contributed by atoms with E-state index in [-0.39, 0.29) is 0 Å². The van der Waals surface area contributed by atoms with Crippen LogP contribution in [0.15, 0.2) is 60.7 Å². The van der Waals surface area contributed by atoms with E-state index in [1.165, 1.54) is 42.5 Å². The molecule has 2 aromatic rings. The number of rotatable bonds is 4. The van der Waals surface area contributed by atoms with Gasteiger partial charge in [-0.15, -0.1) is 0 Å². The SMILES string of the molecule is CN(C)c1ccc(C2=CC3CCCC(C2)N3Cc2ccccc2)cc1. The number of hydrogen-bond donors (Lipinski definition) is 0. The van der Waals surface area contributed by atoms with E-state index in [4.69, 9.17) is 0 Å². The minimum absolute atomic E-state index is 0.594. The predicted molar refractivity (Wildman–Crippen MR) is 107 cm³/mol. The highest BCUT2D eigenvalue weighted by Crippen LogP contribution is 2.38. The van der Waals surface area contributed by atoms with Crippen molar-refractivity contribution in [1.82, 2.24) is 4.90 Å². The first-order valence-electron chi connectivity index (χ1n) is 9.49. The largest absolute Gasteiger partial charge is 0.378 e. The fraction of sp³-hybridized carbons (Fsp3) is 0.391. The van der Waals surface area contributed by atoms with Crippen LogP contribution in [0.3, 0.4) is 0 Å². The Morgan fingerprint density at radius 3 is 2.40 bits per heavy atom. The third-order valence-corrected chi connectivity index (χ3v) is 5.74. The zero-order valence-electron chi connectivity index (χ0n) is 15.4.